The second-order valence-electron chi connectivity index (χ2n) is 6.23. The fraction of sp³-hybridized carbons (Fsp3) is 0.333. The zero-order valence-corrected chi connectivity index (χ0v) is 15.5. The number of aliphatic hydroxyl groups is 1. The molecule has 148 valence electrons. The Hall–Kier alpha value is -3.24. The van der Waals surface area contributed by atoms with E-state index in [1.54, 1.807) is 23.0 Å². The van der Waals surface area contributed by atoms with Gasteiger partial charge in [-0.2, -0.15) is 4.98 Å². The minimum Gasteiger partial charge on any atom is -0.389 e. The van der Waals surface area contributed by atoms with Gasteiger partial charge in [-0.05, 0) is 11.6 Å². The molecule has 3 heterocycles. The molecule has 3 rings (SSSR count). The van der Waals surface area contributed by atoms with E-state index in [1.807, 2.05) is 12.1 Å². The number of H-pyrrole nitrogens is 1. The first-order chi connectivity index (χ1) is 13.5. The van der Waals surface area contributed by atoms with Crippen molar-refractivity contribution in [1.29, 1.82) is 0 Å². The average Bonchev–Trinajstić information content (AvgIpc) is 3.04. The van der Waals surface area contributed by atoms with E-state index in [0.29, 0.717) is 19.1 Å². The molecule has 0 aromatic carbocycles. The summed E-state index contributed by atoms with van der Waals surface area (Å²) in [6.45, 7) is 4.40. The Morgan fingerprint density at radius 3 is 3.00 bits per heavy atom. The molecule has 0 aliphatic heterocycles. The molecular weight excluding hydrogens is 364 g/mol. The van der Waals surface area contributed by atoms with Gasteiger partial charge in [0.25, 0.3) is 5.56 Å². The molecule has 10 nitrogen and oxygen atoms in total. The van der Waals surface area contributed by atoms with E-state index in [2.05, 4.69) is 26.8 Å². The number of fused-ring (bicyclic) bond motifs is 1. The maximum Gasteiger partial charge on any atom is 0.329 e. The van der Waals surface area contributed by atoms with E-state index in [4.69, 9.17) is 4.74 Å². The first-order valence-electron chi connectivity index (χ1n) is 8.70. The zero-order valence-electron chi connectivity index (χ0n) is 15.5. The maximum absolute atomic E-state index is 12.4. The Morgan fingerprint density at radius 1 is 1.46 bits per heavy atom. The molecule has 0 radical (unpaired) electrons. The van der Waals surface area contributed by atoms with Crippen molar-refractivity contribution in [3.05, 3.63) is 63.6 Å². The molecule has 28 heavy (non-hydrogen) atoms. The highest BCUT2D eigenvalue weighted by molar-refractivity contribution is 5.74. The number of ether oxygens (including phenoxy) is 1. The van der Waals surface area contributed by atoms with Crippen LogP contribution in [0.4, 0.5) is 5.95 Å². The lowest BCUT2D eigenvalue weighted by atomic mass is 10.3. The third-order valence-corrected chi connectivity index (χ3v) is 4.12. The van der Waals surface area contributed by atoms with E-state index in [1.165, 1.54) is 11.6 Å². The second-order valence-corrected chi connectivity index (χ2v) is 6.23. The summed E-state index contributed by atoms with van der Waals surface area (Å²) in [5.74, 6) is 0.355. The number of nitrogens with zero attached hydrogens (tertiary/aromatic N) is 4. The van der Waals surface area contributed by atoms with E-state index < -0.39 is 17.4 Å². The SMILES string of the molecule is C=CCOCC(O)Cn1c(NCc2cccnc2)nc2c1c(=O)[nH]c(=O)n2C. The number of aliphatic hydroxyl groups excluding tert-OH is 1. The lowest BCUT2D eigenvalue weighted by Crippen LogP contribution is -2.30. The summed E-state index contributed by atoms with van der Waals surface area (Å²) in [6.07, 6.45) is 4.09. The molecule has 0 aliphatic rings. The molecule has 0 aliphatic carbocycles. The van der Waals surface area contributed by atoms with Crippen LogP contribution < -0.4 is 16.6 Å². The van der Waals surface area contributed by atoms with Crippen LogP contribution in [0, 0.1) is 0 Å². The van der Waals surface area contributed by atoms with Crippen molar-refractivity contribution in [1.82, 2.24) is 24.1 Å². The van der Waals surface area contributed by atoms with Crippen molar-refractivity contribution in [2.75, 3.05) is 18.5 Å². The summed E-state index contributed by atoms with van der Waals surface area (Å²) in [5, 5.41) is 13.4. The first-order valence-corrected chi connectivity index (χ1v) is 8.70. The number of aryl methyl sites for hydroxylation is 1. The van der Waals surface area contributed by atoms with Crippen LogP contribution in [0.1, 0.15) is 5.56 Å². The van der Waals surface area contributed by atoms with Gasteiger partial charge in [-0.1, -0.05) is 12.1 Å². The van der Waals surface area contributed by atoms with E-state index in [0.717, 1.165) is 5.56 Å². The normalized spacial score (nSPS) is 12.2. The third-order valence-electron chi connectivity index (χ3n) is 4.12. The molecule has 0 fully saturated rings. The van der Waals surface area contributed by atoms with Crippen LogP contribution in [0.2, 0.25) is 0 Å². The van der Waals surface area contributed by atoms with Crippen molar-refractivity contribution in [2.45, 2.75) is 19.2 Å². The van der Waals surface area contributed by atoms with Gasteiger partial charge >= 0.3 is 5.69 Å². The lowest BCUT2D eigenvalue weighted by Gasteiger charge is -2.15. The molecule has 10 heteroatoms. The topological polar surface area (TPSA) is 127 Å². The van der Waals surface area contributed by atoms with Gasteiger partial charge in [0, 0.05) is 26.0 Å². The monoisotopic (exact) mass is 386 g/mol. The Kier molecular flexibility index (Phi) is 6.02. The number of hydrogen-bond acceptors (Lipinski definition) is 7. The number of nitrogens with one attached hydrogen (secondary N) is 2. The molecular formula is C18H22N6O4. The van der Waals surface area contributed by atoms with Gasteiger partial charge in [-0.3, -0.25) is 19.3 Å². The van der Waals surface area contributed by atoms with Gasteiger partial charge in [0.1, 0.15) is 0 Å². The van der Waals surface area contributed by atoms with E-state index >= 15 is 0 Å². The number of aromatic amines is 1. The number of pyridine rings is 1. The number of hydrogen-bond donors (Lipinski definition) is 3. The Morgan fingerprint density at radius 2 is 2.29 bits per heavy atom. The van der Waals surface area contributed by atoms with E-state index in [-0.39, 0.29) is 24.3 Å². The van der Waals surface area contributed by atoms with Crippen molar-refractivity contribution in [3.8, 4) is 0 Å². The summed E-state index contributed by atoms with van der Waals surface area (Å²) in [7, 11) is 1.52. The van der Waals surface area contributed by atoms with Crippen LogP contribution in [0.15, 0.2) is 46.8 Å². The highest BCUT2D eigenvalue weighted by Crippen LogP contribution is 2.17. The quantitative estimate of drug-likeness (QED) is 0.349. The van der Waals surface area contributed by atoms with Gasteiger partial charge in [0.15, 0.2) is 11.2 Å². The smallest absolute Gasteiger partial charge is 0.329 e. The van der Waals surface area contributed by atoms with Gasteiger partial charge in [0.2, 0.25) is 5.95 Å². The molecule has 0 bridgehead atoms. The molecule has 0 saturated heterocycles. The molecule has 0 saturated carbocycles. The van der Waals surface area contributed by atoms with Gasteiger partial charge in [0.05, 0.1) is 25.9 Å². The first kappa shape index (κ1) is 19.5. The van der Waals surface area contributed by atoms with Gasteiger partial charge < -0.3 is 19.7 Å². The highest BCUT2D eigenvalue weighted by atomic mass is 16.5. The van der Waals surface area contributed by atoms with E-state index in [9.17, 15) is 14.7 Å². The Bertz CT molecular complexity index is 1070. The predicted octanol–water partition coefficient (Wildman–Crippen LogP) is -0.00610. The fourth-order valence-electron chi connectivity index (χ4n) is 2.78. The molecule has 3 N–H and O–H groups in total. The Labute approximate surface area is 160 Å². The summed E-state index contributed by atoms with van der Waals surface area (Å²) >= 11 is 0. The van der Waals surface area contributed by atoms with Crippen molar-refractivity contribution < 1.29 is 9.84 Å². The van der Waals surface area contributed by atoms with Crippen LogP contribution in [0.25, 0.3) is 11.2 Å². The van der Waals surface area contributed by atoms with Gasteiger partial charge in [-0.25, -0.2) is 4.79 Å². The maximum atomic E-state index is 12.4. The lowest BCUT2D eigenvalue weighted by molar-refractivity contribution is 0.0405. The molecule has 3 aromatic rings. The van der Waals surface area contributed by atoms with Crippen LogP contribution in [0.3, 0.4) is 0 Å². The fourth-order valence-corrected chi connectivity index (χ4v) is 2.78. The van der Waals surface area contributed by atoms with Gasteiger partial charge in [-0.15, -0.1) is 6.58 Å². The molecule has 1 atom stereocenters. The van der Waals surface area contributed by atoms with Crippen LogP contribution >= 0.6 is 0 Å². The molecule has 3 aromatic heterocycles. The standard InChI is InChI=1S/C18H22N6O4/c1-3-7-28-11-13(25)10-24-14-15(23(2)18(27)22-16(14)26)21-17(24)20-9-12-5-4-6-19-8-12/h3-6,8,13,25H,1,7,9-11H2,2H3,(H,20,21)(H,22,26,27). The largest absolute Gasteiger partial charge is 0.389 e. The number of rotatable bonds is 9. The Balaban J connectivity index is 1.97. The van der Waals surface area contributed by atoms with Crippen LogP contribution in [-0.2, 0) is 24.9 Å². The summed E-state index contributed by atoms with van der Waals surface area (Å²) < 4.78 is 8.08. The zero-order chi connectivity index (χ0) is 20.1. The number of imidazole rings is 1. The van der Waals surface area contributed by atoms with Crippen molar-refractivity contribution in [3.63, 3.8) is 0 Å². The summed E-state index contributed by atoms with van der Waals surface area (Å²) in [6, 6.07) is 3.71. The van der Waals surface area contributed by atoms with Crippen molar-refractivity contribution in [2.24, 2.45) is 7.05 Å². The third kappa shape index (κ3) is 4.18. The van der Waals surface area contributed by atoms with Crippen LogP contribution in [0.5, 0.6) is 0 Å². The molecule has 0 amide bonds. The highest BCUT2D eigenvalue weighted by Gasteiger charge is 2.19. The average molecular weight is 386 g/mol. The van der Waals surface area contributed by atoms with Crippen molar-refractivity contribution >= 4 is 17.1 Å². The second kappa shape index (κ2) is 8.63. The predicted molar refractivity (Wildman–Crippen MR) is 104 cm³/mol. The number of anilines is 1. The van der Waals surface area contributed by atoms with Crippen LogP contribution in [-0.4, -0.2) is 48.5 Å². The summed E-state index contributed by atoms with van der Waals surface area (Å²) in [5.41, 5.74) is 0.203. The minimum atomic E-state index is -0.882. The minimum absolute atomic E-state index is 0.0598. The molecule has 0 spiro atoms. The summed E-state index contributed by atoms with van der Waals surface area (Å²) in [4.78, 5) is 35.0. The number of aromatic nitrogens is 5. The molecule has 1 unspecified atom stereocenters.